The second-order valence-electron chi connectivity index (χ2n) is 9.55. The van der Waals surface area contributed by atoms with Gasteiger partial charge in [0, 0.05) is 43.1 Å². The molecule has 1 unspecified atom stereocenters. The number of carbonyl (C=O) groups is 2. The summed E-state index contributed by atoms with van der Waals surface area (Å²) in [6.07, 6.45) is 0.398. The highest BCUT2D eigenvalue weighted by Gasteiger charge is 2.26. The van der Waals surface area contributed by atoms with Crippen molar-refractivity contribution in [3.05, 3.63) is 77.9 Å². The lowest BCUT2D eigenvalue weighted by Gasteiger charge is -2.36. The molecule has 10 nitrogen and oxygen atoms in total. The fourth-order valence-corrected chi connectivity index (χ4v) is 5.68. The van der Waals surface area contributed by atoms with Gasteiger partial charge in [0.05, 0.1) is 17.7 Å². The number of carboxylic acid groups (broad SMARTS) is 1. The summed E-state index contributed by atoms with van der Waals surface area (Å²) in [4.78, 5) is 28.6. The zero-order valence-electron chi connectivity index (χ0n) is 22.8. The van der Waals surface area contributed by atoms with Crippen LogP contribution in [0.2, 0.25) is 0 Å². The van der Waals surface area contributed by atoms with Crippen LogP contribution in [0.4, 0.5) is 17.1 Å². The molecule has 1 saturated heterocycles. The Morgan fingerprint density at radius 2 is 1.62 bits per heavy atom. The molecule has 40 heavy (non-hydrogen) atoms. The Morgan fingerprint density at radius 1 is 0.975 bits per heavy atom. The Balaban J connectivity index is 1.44. The van der Waals surface area contributed by atoms with Gasteiger partial charge in [-0.25, -0.2) is 13.2 Å². The van der Waals surface area contributed by atoms with E-state index in [9.17, 15) is 23.1 Å². The summed E-state index contributed by atoms with van der Waals surface area (Å²) in [7, 11) is -2.35. The third-order valence-corrected chi connectivity index (χ3v) is 8.31. The minimum Gasteiger partial charge on any atom is -0.495 e. The van der Waals surface area contributed by atoms with E-state index in [2.05, 4.69) is 14.9 Å². The Morgan fingerprint density at radius 3 is 2.25 bits per heavy atom. The van der Waals surface area contributed by atoms with Gasteiger partial charge in [0.15, 0.2) is 0 Å². The van der Waals surface area contributed by atoms with Gasteiger partial charge in [0.1, 0.15) is 11.8 Å². The molecule has 1 aliphatic rings. The number of para-hydroxylation sites is 2. The number of methoxy groups -OCH3 is 1. The summed E-state index contributed by atoms with van der Waals surface area (Å²) in [5.74, 6) is -0.399. The van der Waals surface area contributed by atoms with Crippen LogP contribution in [0.25, 0.3) is 0 Å². The molecule has 11 heteroatoms. The second-order valence-corrected chi connectivity index (χ2v) is 11.2. The molecule has 3 aromatic carbocycles. The zero-order valence-corrected chi connectivity index (χ0v) is 23.6. The van der Waals surface area contributed by atoms with Crippen LogP contribution in [0.5, 0.6) is 5.75 Å². The lowest BCUT2D eigenvalue weighted by atomic mass is 10.1. The first-order chi connectivity index (χ1) is 19.1. The molecule has 1 aliphatic heterocycles. The number of ether oxygens (including phenoxy) is 1. The van der Waals surface area contributed by atoms with Crippen molar-refractivity contribution in [2.24, 2.45) is 0 Å². The molecule has 1 fully saturated rings. The third-order valence-electron chi connectivity index (χ3n) is 6.93. The molecule has 0 spiro atoms. The monoisotopic (exact) mass is 566 g/mol. The molecule has 0 bridgehead atoms. The number of aliphatic carboxylic acids is 1. The Kier molecular flexibility index (Phi) is 8.83. The largest absolute Gasteiger partial charge is 0.495 e. The van der Waals surface area contributed by atoms with E-state index in [0.717, 1.165) is 11.4 Å². The number of benzene rings is 3. The molecule has 1 atom stereocenters. The lowest BCUT2D eigenvalue weighted by Crippen LogP contribution is -2.49. The van der Waals surface area contributed by atoms with E-state index in [-0.39, 0.29) is 10.8 Å². The van der Waals surface area contributed by atoms with Gasteiger partial charge in [-0.1, -0.05) is 25.1 Å². The number of nitrogens with zero attached hydrogens (tertiary/aromatic N) is 2. The summed E-state index contributed by atoms with van der Waals surface area (Å²) in [6, 6.07) is 17.9. The van der Waals surface area contributed by atoms with Crippen LogP contribution in [0.15, 0.2) is 71.6 Å². The van der Waals surface area contributed by atoms with E-state index in [4.69, 9.17) is 4.74 Å². The summed E-state index contributed by atoms with van der Waals surface area (Å²) < 4.78 is 34.4. The summed E-state index contributed by atoms with van der Waals surface area (Å²) in [5, 5.41) is 12.1. The molecule has 1 heterocycles. The van der Waals surface area contributed by atoms with E-state index in [1.165, 1.54) is 12.1 Å². The number of piperazine rings is 1. The van der Waals surface area contributed by atoms with Gasteiger partial charge in [-0.3, -0.25) is 9.52 Å². The molecule has 0 aliphatic carbocycles. The molecular weight excluding hydrogens is 532 g/mol. The maximum Gasteiger partial charge on any atom is 0.326 e. The first kappa shape index (κ1) is 28.8. The maximum atomic E-state index is 13.4. The molecule has 0 radical (unpaired) electrons. The van der Waals surface area contributed by atoms with E-state index < -0.39 is 22.0 Å². The van der Waals surface area contributed by atoms with Crippen molar-refractivity contribution < 1.29 is 27.9 Å². The minimum atomic E-state index is -3.98. The number of aryl methyl sites for hydroxylation is 1. The molecule has 0 saturated carbocycles. The number of hydrogen-bond acceptors (Lipinski definition) is 7. The Labute approximate surface area is 234 Å². The van der Waals surface area contributed by atoms with Crippen LogP contribution in [0.3, 0.4) is 0 Å². The maximum absolute atomic E-state index is 13.4. The van der Waals surface area contributed by atoms with Crippen LogP contribution in [0.1, 0.15) is 29.3 Å². The van der Waals surface area contributed by atoms with Crippen LogP contribution in [-0.4, -0.2) is 69.6 Å². The highest BCUT2D eigenvalue weighted by atomic mass is 32.2. The molecular formula is C29H34N4O6S. The average Bonchev–Trinajstić information content (AvgIpc) is 2.96. The fraction of sp³-hybridized carbons (Fsp3) is 0.310. The van der Waals surface area contributed by atoms with Crippen molar-refractivity contribution in [2.75, 3.05) is 48.2 Å². The number of amides is 1. The highest BCUT2D eigenvalue weighted by Crippen LogP contribution is 2.29. The van der Waals surface area contributed by atoms with Crippen molar-refractivity contribution in [1.82, 2.24) is 4.90 Å². The van der Waals surface area contributed by atoms with Gasteiger partial charge < -0.3 is 25.0 Å². The normalized spacial score (nSPS) is 14.4. The average molecular weight is 567 g/mol. The second kappa shape index (κ2) is 12.3. The fourth-order valence-electron chi connectivity index (χ4n) is 4.60. The van der Waals surface area contributed by atoms with Gasteiger partial charge in [-0.15, -0.1) is 0 Å². The van der Waals surface area contributed by atoms with E-state index in [0.29, 0.717) is 55.1 Å². The molecule has 0 aromatic heterocycles. The standard InChI is InChI=1S/C29H34N4O6S/c1-4-25(29(35)36)30-21-10-12-22(13-11-21)31-40(37,38)23-14-9-20(2)24(19-23)28(34)33-17-15-32(16-18-33)26-7-5-6-8-27(26)39-3/h5-14,19,25,30-31H,4,15-18H2,1-3H3,(H,35,36). The molecule has 3 aromatic rings. The number of carboxylic acids is 1. The van der Waals surface area contributed by atoms with Crippen molar-refractivity contribution >= 4 is 39.0 Å². The van der Waals surface area contributed by atoms with E-state index in [1.54, 1.807) is 56.2 Å². The first-order valence-corrected chi connectivity index (χ1v) is 14.5. The molecule has 4 rings (SSSR count). The van der Waals surface area contributed by atoms with Crippen LogP contribution in [-0.2, 0) is 14.8 Å². The minimum absolute atomic E-state index is 0.0202. The van der Waals surface area contributed by atoms with Gasteiger partial charge >= 0.3 is 5.97 Å². The van der Waals surface area contributed by atoms with Gasteiger partial charge in [-0.2, -0.15) is 0 Å². The van der Waals surface area contributed by atoms with Gasteiger partial charge in [0.2, 0.25) is 0 Å². The van der Waals surface area contributed by atoms with Crippen molar-refractivity contribution in [3.8, 4) is 5.75 Å². The Bertz CT molecular complexity index is 1470. The van der Waals surface area contributed by atoms with Crippen molar-refractivity contribution in [3.63, 3.8) is 0 Å². The topological polar surface area (TPSA) is 128 Å². The predicted octanol–water partition coefficient (Wildman–Crippen LogP) is 4.04. The number of nitrogens with one attached hydrogen (secondary N) is 2. The van der Waals surface area contributed by atoms with Crippen LogP contribution >= 0.6 is 0 Å². The molecule has 212 valence electrons. The third kappa shape index (κ3) is 6.48. The Hall–Kier alpha value is -4.25. The van der Waals surface area contributed by atoms with Crippen LogP contribution < -0.4 is 19.7 Å². The van der Waals surface area contributed by atoms with E-state index in [1.807, 2.05) is 24.3 Å². The zero-order chi connectivity index (χ0) is 28.9. The van der Waals surface area contributed by atoms with Crippen molar-refractivity contribution in [1.29, 1.82) is 0 Å². The van der Waals surface area contributed by atoms with Crippen LogP contribution in [0, 0.1) is 6.92 Å². The summed E-state index contributed by atoms with van der Waals surface area (Å²) in [5.41, 5.74) is 2.88. The van der Waals surface area contributed by atoms with Gasteiger partial charge in [-0.05, 0) is 67.4 Å². The van der Waals surface area contributed by atoms with Crippen molar-refractivity contribution in [2.45, 2.75) is 31.2 Å². The number of sulfonamides is 1. The summed E-state index contributed by atoms with van der Waals surface area (Å²) in [6.45, 7) is 5.78. The predicted molar refractivity (Wildman–Crippen MR) is 155 cm³/mol. The highest BCUT2D eigenvalue weighted by molar-refractivity contribution is 7.92. The lowest BCUT2D eigenvalue weighted by molar-refractivity contribution is -0.137. The summed E-state index contributed by atoms with van der Waals surface area (Å²) >= 11 is 0. The number of rotatable bonds is 10. The number of carbonyl (C=O) groups excluding carboxylic acids is 1. The SMILES string of the molecule is CCC(Nc1ccc(NS(=O)(=O)c2ccc(C)c(C(=O)N3CCN(c4ccccc4OC)CC3)c2)cc1)C(=O)O. The van der Waals surface area contributed by atoms with E-state index >= 15 is 0 Å². The smallest absolute Gasteiger partial charge is 0.326 e. The quantitative estimate of drug-likeness (QED) is 0.336. The molecule has 3 N–H and O–H groups in total. The van der Waals surface area contributed by atoms with Gasteiger partial charge in [0.25, 0.3) is 15.9 Å². The molecule has 1 amide bonds. The number of anilines is 3. The number of hydrogen-bond donors (Lipinski definition) is 3. The first-order valence-electron chi connectivity index (χ1n) is 13.0.